The van der Waals surface area contributed by atoms with Gasteiger partial charge in [0.05, 0.1) is 27.1 Å². The zero-order valence-corrected chi connectivity index (χ0v) is 12.8. The number of carbonyl (C=O) groups excluding carboxylic acids is 2. The van der Waals surface area contributed by atoms with Gasteiger partial charge in [0.2, 0.25) is 0 Å². The first-order chi connectivity index (χ1) is 9.56. The molecule has 0 radical (unpaired) electrons. The van der Waals surface area contributed by atoms with E-state index in [0.29, 0.717) is 32.0 Å². The van der Waals surface area contributed by atoms with E-state index in [4.69, 9.17) is 0 Å². The van der Waals surface area contributed by atoms with E-state index < -0.39 is 0 Å². The van der Waals surface area contributed by atoms with Crippen molar-refractivity contribution in [1.82, 2.24) is 9.80 Å². The van der Waals surface area contributed by atoms with E-state index in [9.17, 15) is 9.59 Å². The average molecular weight is 286 g/mol. The van der Waals surface area contributed by atoms with Gasteiger partial charge in [-0.25, -0.2) is 0 Å². The molecule has 0 N–H and O–H groups in total. The average Bonchev–Trinajstić information content (AvgIpc) is 2.86. The fourth-order valence-electron chi connectivity index (χ4n) is 2.51. The van der Waals surface area contributed by atoms with Crippen LogP contribution in [0.5, 0.6) is 0 Å². The van der Waals surface area contributed by atoms with Crippen molar-refractivity contribution >= 4 is 11.9 Å². The van der Waals surface area contributed by atoms with Gasteiger partial charge in [-0.2, -0.15) is 0 Å². The van der Waals surface area contributed by atoms with Crippen molar-refractivity contribution in [2.75, 3.05) is 47.4 Å². The van der Waals surface area contributed by atoms with Gasteiger partial charge in [0, 0.05) is 25.7 Å². The van der Waals surface area contributed by atoms with Gasteiger partial charge in [-0.15, -0.1) is 0 Å². The minimum Gasteiger partial charge on any atom is -0.469 e. The van der Waals surface area contributed by atoms with Crippen LogP contribution in [-0.4, -0.2) is 75.2 Å². The Hall–Kier alpha value is -1.14. The number of hydrogen-bond acceptors (Lipinski definition) is 6. The summed E-state index contributed by atoms with van der Waals surface area (Å²) in [7, 11) is 4.91. The largest absolute Gasteiger partial charge is 0.469 e. The number of nitrogens with zero attached hydrogens (tertiary/aromatic N) is 2. The Bertz CT molecular complexity index is 302. The molecule has 0 saturated carbocycles. The van der Waals surface area contributed by atoms with Crippen molar-refractivity contribution in [3.63, 3.8) is 0 Å². The van der Waals surface area contributed by atoms with E-state index in [1.165, 1.54) is 27.1 Å². The molecule has 0 aromatic rings. The summed E-state index contributed by atoms with van der Waals surface area (Å²) >= 11 is 0. The molecule has 0 aromatic carbocycles. The Morgan fingerprint density at radius 1 is 1.15 bits per heavy atom. The van der Waals surface area contributed by atoms with Gasteiger partial charge < -0.3 is 19.3 Å². The van der Waals surface area contributed by atoms with Crippen LogP contribution in [0, 0.1) is 0 Å². The molecule has 1 heterocycles. The first kappa shape index (κ1) is 16.9. The Morgan fingerprint density at radius 3 is 2.10 bits per heavy atom. The van der Waals surface area contributed by atoms with Crippen LogP contribution in [0.3, 0.4) is 0 Å². The van der Waals surface area contributed by atoms with Gasteiger partial charge in [0.1, 0.15) is 0 Å². The molecule has 1 fully saturated rings. The Kier molecular flexibility index (Phi) is 7.54. The molecule has 0 amide bonds. The molecule has 1 aliphatic rings. The Balaban J connectivity index is 2.44. The second kappa shape index (κ2) is 8.92. The molecule has 1 aliphatic heterocycles. The third kappa shape index (κ3) is 5.88. The molecule has 116 valence electrons. The highest BCUT2D eigenvalue weighted by Crippen LogP contribution is 2.16. The second-order valence-corrected chi connectivity index (χ2v) is 5.23. The van der Waals surface area contributed by atoms with Crippen molar-refractivity contribution in [3.05, 3.63) is 0 Å². The molecule has 0 unspecified atom stereocenters. The van der Waals surface area contributed by atoms with Crippen molar-refractivity contribution < 1.29 is 19.1 Å². The molecular formula is C14H26N2O4. The van der Waals surface area contributed by atoms with Gasteiger partial charge in [0.25, 0.3) is 0 Å². The van der Waals surface area contributed by atoms with Gasteiger partial charge in [-0.05, 0) is 26.4 Å². The molecule has 0 bridgehead atoms. The summed E-state index contributed by atoms with van der Waals surface area (Å²) in [5.74, 6) is -0.430. The van der Waals surface area contributed by atoms with Gasteiger partial charge in [0.15, 0.2) is 0 Å². The van der Waals surface area contributed by atoms with Crippen LogP contribution < -0.4 is 0 Å². The predicted molar refractivity (Wildman–Crippen MR) is 75.4 cm³/mol. The van der Waals surface area contributed by atoms with E-state index in [-0.39, 0.29) is 11.9 Å². The van der Waals surface area contributed by atoms with Crippen molar-refractivity contribution in [2.45, 2.75) is 31.7 Å². The maximum Gasteiger partial charge on any atom is 0.306 e. The topological polar surface area (TPSA) is 59.1 Å². The number of likely N-dealkylation sites (N-methyl/N-ethyl adjacent to an activating group) is 1. The Labute approximate surface area is 121 Å². The molecule has 1 atom stereocenters. The first-order valence-corrected chi connectivity index (χ1v) is 7.13. The van der Waals surface area contributed by atoms with E-state index in [2.05, 4.69) is 26.3 Å². The molecule has 0 aliphatic carbocycles. The molecular weight excluding hydrogens is 260 g/mol. The number of methoxy groups -OCH3 is 2. The highest BCUT2D eigenvalue weighted by atomic mass is 16.5. The number of hydrogen-bond donors (Lipinski definition) is 0. The molecule has 1 rings (SSSR count). The summed E-state index contributed by atoms with van der Waals surface area (Å²) in [4.78, 5) is 27.0. The maximum absolute atomic E-state index is 11.3. The second-order valence-electron chi connectivity index (χ2n) is 5.23. The third-order valence-corrected chi connectivity index (χ3v) is 3.86. The molecule has 0 spiro atoms. The molecule has 20 heavy (non-hydrogen) atoms. The lowest BCUT2D eigenvalue weighted by Gasteiger charge is -2.28. The van der Waals surface area contributed by atoms with Crippen LogP contribution in [0.1, 0.15) is 25.7 Å². The monoisotopic (exact) mass is 286 g/mol. The van der Waals surface area contributed by atoms with E-state index in [0.717, 1.165) is 13.1 Å². The smallest absolute Gasteiger partial charge is 0.306 e. The molecule has 6 nitrogen and oxygen atoms in total. The van der Waals surface area contributed by atoms with Crippen LogP contribution in [0.2, 0.25) is 0 Å². The lowest BCUT2D eigenvalue weighted by Crippen LogP contribution is -2.40. The summed E-state index contributed by atoms with van der Waals surface area (Å²) < 4.78 is 9.34. The summed E-state index contributed by atoms with van der Waals surface area (Å²) in [6, 6.07) is 0.505. The minimum absolute atomic E-state index is 0.215. The van der Waals surface area contributed by atoms with Crippen LogP contribution in [0.15, 0.2) is 0 Å². The van der Waals surface area contributed by atoms with E-state index in [1.807, 2.05) is 0 Å². The summed E-state index contributed by atoms with van der Waals surface area (Å²) in [6.07, 6.45) is 3.09. The van der Waals surface area contributed by atoms with Crippen LogP contribution in [0.25, 0.3) is 0 Å². The van der Waals surface area contributed by atoms with Crippen molar-refractivity contribution in [3.8, 4) is 0 Å². The third-order valence-electron chi connectivity index (χ3n) is 3.86. The zero-order chi connectivity index (χ0) is 15.0. The first-order valence-electron chi connectivity index (χ1n) is 7.13. The molecule has 6 heteroatoms. The highest BCUT2D eigenvalue weighted by molar-refractivity contribution is 5.70. The van der Waals surface area contributed by atoms with Crippen molar-refractivity contribution in [2.24, 2.45) is 0 Å². The van der Waals surface area contributed by atoms with Crippen LogP contribution >= 0.6 is 0 Å². The van der Waals surface area contributed by atoms with E-state index >= 15 is 0 Å². The number of ether oxygens (including phenoxy) is 2. The Morgan fingerprint density at radius 2 is 1.70 bits per heavy atom. The number of esters is 2. The number of likely N-dealkylation sites (tertiary alicyclic amines) is 1. The SMILES string of the molecule is COC(=O)CCN(CCC(=O)OC)C[C@@H]1CCCN1C. The van der Waals surface area contributed by atoms with Gasteiger partial charge >= 0.3 is 11.9 Å². The van der Waals surface area contributed by atoms with E-state index in [1.54, 1.807) is 0 Å². The summed E-state index contributed by atoms with van der Waals surface area (Å²) in [6.45, 7) is 3.24. The summed E-state index contributed by atoms with van der Waals surface area (Å²) in [5, 5.41) is 0. The minimum atomic E-state index is -0.215. The standard InChI is InChI=1S/C14H26N2O4/c1-15-8-4-5-12(15)11-16(9-6-13(17)19-2)10-7-14(18)20-3/h12H,4-11H2,1-3H3/t12-/m0/s1. The van der Waals surface area contributed by atoms with Crippen LogP contribution in [0.4, 0.5) is 0 Å². The quantitative estimate of drug-likeness (QED) is 0.606. The van der Waals surface area contributed by atoms with Gasteiger partial charge in [-0.3, -0.25) is 9.59 Å². The highest BCUT2D eigenvalue weighted by Gasteiger charge is 2.23. The fraction of sp³-hybridized carbons (Fsp3) is 0.857. The lowest BCUT2D eigenvalue weighted by atomic mass is 10.2. The van der Waals surface area contributed by atoms with Gasteiger partial charge in [-0.1, -0.05) is 0 Å². The fourth-order valence-corrected chi connectivity index (χ4v) is 2.51. The van der Waals surface area contributed by atoms with Crippen LogP contribution in [-0.2, 0) is 19.1 Å². The molecule has 1 saturated heterocycles. The predicted octanol–water partition coefficient (Wildman–Crippen LogP) is 0.509. The van der Waals surface area contributed by atoms with Crippen molar-refractivity contribution in [1.29, 1.82) is 0 Å². The number of carbonyl (C=O) groups is 2. The number of rotatable bonds is 8. The lowest BCUT2D eigenvalue weighted by molar-refractivity contribution is -0.141. The molecule has 0 aromatic heterocycles. The zero-order valence-electron chi connectivity index (χ0n) is 12.8. The summed E-state index contributed by atoms with van der Waals surface area (Å²) in [5.41, 5.74) is 0. The maximum atomic E-state index is 11.3. The normalized spacial score (nSPS) is 19.3.